The van der Waals surface area contributed by atoms with Crippen LogP contribution in [0.25, 0.3) is 16.3 Å². The van der Waals surface area contributed by atoms with Crippen LogP contribution >= 0.6 is 11.3 Å². The summed E-state index contributed by atoms with van der Waals surface area (Å²) >= 11 is 1.56. The Hall–Kier alpha value is -2.40. The second kappa shape index (κ2) is 6.15. The van der Waals surface area contributed by atoms with Crippen LogP contribution in [-0.4, -0.2) is 22.4 Å². The maximum Gasteiger partial charge on any atom is 0.342 e. The molecule has 2 aromatic heterocycles. The Morgan fingerprint density at radius 2 is 2.00 bits per heavy atom. The lowest BCUT2D eigenvalue weighted by atomic mass is 10.1. The first-order valence-electron chi connectivity index (χ1n) is 7.08. The number of aromatic nitrogens is 2. The van der Waals surface area contributed by atoms with Gasteiger partial charge < -0.3 is 4.74 Å². The van der Waals surface area contributed by atoms with E-state index < -0.39 is 0 Å². The summed E-state index contributed by atoms with van der Waals surface area (Å²) in [6, 6.07) is 13.7. The topological polar surface area (TPSA) is 44.1 Å². The highest BCUT2D eigenvalue weighted by molar-refractivity contribution is 7.13. The maximum atomic E-state index is 12.4. The van der Waals surface area contributed by atoms with Crippen LogP contribution in [0.5, 0.6) is 0 Å². The van der Waals surface area contributed by atoms with Gasteiger partial charge in [0.25, 0.3) is 0 Å². The molecule has 0 aliphatic heterocycles. The van der Waals surface area contributed by atoms with Gasteiger partial charge in [0.15, 0.2) is 0 Å². The van der Waals surface area contributed by atoms with Gasteiger partial charge in [0.2, 0.25) is 0 Å². The van der Waals surface area contributed by atoms with Gasteiger partial charge >= 0.3 is 5.97 Å². The van der Waals surface area contributed by atoms with Gasteiger partial charge in [0, 0.05) is 0 Å². The molecule has 0 N–H and O–H groups in total. The molecule has 4 nitrogen and oxygen atoms in total. The first-order chi connectivity index (χ1) is 10.7. The first-order valence-corrected chi connectivity index (χ1v) is 7.96. The average Bonchev–Trinajstić information content (AvgIpc) is 3.16. The van der Waals surface area contributed by atoms with E-state index in [0.717, 1.165) is 16.3 Å². The third kappa shape index (κ3) is 2.55. The lowest BCUT2D eigenvalue weighted by Crippen LogP contribution is -2.07. The van der Waals surface area contributed by atoms with Crippen LogP contribution in [0, 0.1) is 6.92 Å². The van der Waals surface area contributed by atoms with Crippen molar-refractivity contribution in [2.45, 2.75) is 13.8 Å². The SMILES string of the molecule is CCOC(=O)c1c(-c2cccs2)nn(-c2ccccc2)c1C. The monoisotopic (exact) mass is 312 g/mol. The van der Waals surface area contributed by atoms with Crippen molar-refractivity contribution < 1.29 is 9.53 Å². The third-order valence-corrected chi connectivity index (χ3v) is 4.23. The Morgan fingerprint density at radius 1 is 1.23 bits per heavy atom. The molecule has 0 aliphatic rings. The maximum absolute atomic E-state index is 12.4. The lowest BCUT2D eigenvalue weighted by Gasteiger charge is -2.05. The molecule has 0 atom stereocenters. The molecule has 0 aliphatic carbocycles. The Kier molecular flexibility index (Phi) is 4.06. The minimum Gasteiger partial charge on any atom is -0.462 e. The van der Waals surface area contributed by atoms with Crippen molar-refractivity contribution in [3.8, 4) is 16.3 Å². The normalized spacial score (nSPS) is 10.6. The highest BCUT2D eigenvalue weighted by atomic mass is 32.1. The molecule has 0 saturated heterocycles. The zero-order chi connectivity index (χ0) is 15.5. The third-order valence-electron chi connectivity index (χ3n) is 3.35. The predicted octanol–water partition coefficient (Wildman–Crippen LogP) is 4.09. The number of ether oxygens (including phenoxy) is 1. The lowest BCUT2D eigenvalue weighted by molar-refractivity contribution is 0.0526. The van der Waals surface area contributed by atoms with Gasteiger partial charge in [-0.15, -0.1) is 11.3 Å². The number of carbonyl (C=O) groups excluding carboxylic acids is 1. The van der Waals surface area contributed by atoms with Crippen LogP contribution in [-0.2, 0) is 4.74 Å². The Morgan fingerprint density at radius 3 is 2.64 bits per heavy atom. The molecule has 22 heavy (non-hydrogen) atoms. The van der Waals surface area contributed by atoms with Crippen LogP contribution in [0.2, 0.25) is 0 Å². The fraction of sp³-hybridized carbons (Fsp3) is 0.176. The molecule has 1 aromatic carbocycles. The number of rotatable bonds is 4. The van der Waals surface area contributed by atoms with Crippen molar-refractivity contribution >= 4 is 17.3 Å². The van der Waals surface area contributed by atoms with Crippen LogP contribution in [0.3, 0.4) is 0 Å². The molecule has 0 spiro atoms. The van der Waals surface area contributed by atoms with Crippen molar-refractivity contribution in [2.24, 2.45) is 0 Å². The number of nitrogens with zero attached hydrogens (tertiary/aromatic N) is 2. The van der Waals surface area contributed by atoms with Crippen LogP contribution in [0.1, 0.15) is 23.0 Å². The summed E-state index contributed by atoms with van der Waals surface area (Å²) in [4.78, 5) is 13.3. The molecule has 0 bridgehead atoms. The molecular weight excluding hydrogens is 296 g/mol. The van der Waals surface area contributed by atoms with Crippen molar-refractivity contribution in [1.29, 1.82) is 0 Å². The number of thiophene rings is 1. The summed E-state index contributed by atoms with van der Waals surface area (Å²) in [6.45, 7) is 4.04. The van der Waals surface area contributed by atoms with Crippen molar-refractivity contribution in [2.75, 3.05) is 6.61 Å². The standard InChI is InChI=1S/C17H16N2O2S/c1-3-21-17(20)15-12(2)19(13-8-5-4-6-9-13)18-16(15)14-10-7-11-22-14/h4-11H,3H2,1-2H3. The van der Waals surface area contributed by atoms with Gasteiger partial charge in [-0.1, -0.05) is 24.3 Å². The minimum atomic E-state index is -0.328. The van der Waals surface area contributed by atoms with Crippen LogP contribution in [0.4, 0.5) is 0 Å². The Labute approximate surface area is 133 Å². The summed E-state index contributed by atoms with van der Waals surface area (Å²) in [5, 5.41) is 6.63. The summed E-state index contributed by atoms with van der Waals surface area (Å²) in [6.07, 6.45) is 0. The van der Waals surface area contributed by atoms with Gasteiger partial charge in [-0.2, -0.15) is 5.10 Å². The van der Waals surface area contributed by atoms with Gasteiger partial charge in [-0.25, -0.2) is 9.48 Å². The minimum absolute atomic E-state index is 0.328. The number of hydrogen-bond acceptors (Lipinski definition) is 4. The molecule has 0 amide bonds. The number of para-hydroxylation sites is 1. The largest absolute Gasteiger partial charge is 0.462 e. The first kappa shape index (κ1) is 14.5. The molecule has 0 fully saturated rings. The van der Waals surface area contributed by atoms with Gasteiger partial charge in [0.05, 0.1) is 22.9 Å². The van der Waals surface area contributed by atoms with Gasteiger partial charge in [-0.3, -0.25) is 0 Å². The highest BCUT2D eigenvalue weighted by Gasteiger charge is 2.24. The molecule has 2 heterocycles. The van der Waals surface area contributed by atoms with Crippen molar-refractivity contribution in [3.63, 3.8) is 0 Å². The summed E-state index contributed by atoms with van der Waals surface area (Å²) in [7, 11) is 0. The summed E-state index contributed by atoms with van der Waals surface area (Å²) in [5.41, 5.74) is 2.92. The number of benzene rings is 1. The molecular formula is C17H16N2O2S. The Balaban J connectivity index is 2.19. The predicted molar refractivity (Wildman–Crippen MR) is 87.6 cm³/mol. The highest BCUT2D eigenvalue weighted by Crippen LogP contribution is 2.30. The number of hydrogen-bond donors (Lipinski definition) is 0. The fourth-order valence-electron chi connectivity index (χ4n) is 2.36. The molecule has 0 unspecified atom stereocenters. The van der Waals surface area contributed by atoms with E-state index in [1.807, 2.05) is 54.8 Å². The fourth-order valence-corrected chi connectivity index (χ4v) is 3.07. The van der Waals surface area contributed by atoms with Crippen molar-refractivity contribution in [1.82, 2.24) is 9.78 Å². The summed E-state index contributed by atoms with van der Waals surface area (Å²) < 4.78 is 7.00. The van der Waals surface area contributed by atoms with E-state index in [1.165, 1.54) is 0 Å². The zero-order valence-corrected chi connectivity index (χ0v) is 13.3. The van der Waals surface area contributed by atoms with E-state index >= 15 is 0 Å². The van der Waals surface area contributed by atoms with E-state index in [-0.39, 0.29) is 5.97 Å². The summed E-state index contributed by atoms with van der Waals surface area (Å²) in [5.74, 6) is -0.328. The van der Waals surface area contributed by atoms with Crippen LogP contribution < -0.4 is 0 Å². The molecule has 0 radical (unpaired) electrons. The number of carbonyl (C=O) groups is 1. The molecule has 5 heteroatoms. The quantitative estimate of drug-likeness (QED) is 0.682. The second-order valence-corrected chi connectivity index (χ2v) is 5.70. The van der Waals surface area contributed by atoms with E-state index in [0.29, 0.717) is 17.9 Å². The van der Waals surface area contributed by atoms with Crippen LogP contribution in [0.15, 0.2) is 47.8 Å². The second-order valence-electron chi connectivity index (χ2n) is 4.75. The zero-order valence-electron chi connectivity index (χ0n) is 12.4. The van der Waals surface area contributed by atoms with Gasteiger partial charge in [0.1, 0.15) is 11.3 Å². The Bertz CT molecular complexity index is 777. The van der Waals surface area contributed by atoms with Gasteiger partial charge in [-0.05, 0) is 37.4 Å². The van der Waals surface area contributed by atoms with E-state index in [4.69, 9.17) is 4.74 Å². The van der Waals surface area contributed by atoms with E-state index in [2.05, 4.69) is 5.10 Å². The molecule has 112 valence electrons. The molecule has 3 rings (SSSR count). The van der Waals surface area contributed by atoms with E-state index in [1.54, 1.807) is 22.9 Å². The molecule has 0 saturated carbocycles. The molecule has 3 aromatic rings. The van der Waals surface area contributed by atoms with Crippen molar-refractivity contribution in [3.05, 3.63) is 59.1 Å². The van der Waals surface area contributed by atoms with E-state index in [9.17, 15) is 4.79 Å². The number of esters is 1. The smallest absolute Gasteiger partial charge is 0.342 e. The average molecular weight is 312 g/mol.